The van der Waals surface area contributed by atoms with E-state index in [1.54, 1.807) is 3.59 Å². The number of aliphatic hydroxyl groups excluding tert-OH is 1. The van der Waals surface area contributed by atoms with Crippen LogP contribution in [0.25, 0.3) is 3.59 Å². The normalized spacial score (nSPS) is 12.6. The molecule has 1 nitrogen and oxygen atoms in total. The summed E-state index contributed by atoms with van der Waals surface area (Å²) >= 11 is -2.43. The first-order valence-electron chi connectivity index (χ1n) is 10.1. The molecule has 1 N–H and O–H groups in total. The molecule has 0 spiro atoms. The van der Waals surface area contributed by atoms with Crippen molar-refractivity contribution in [1.29, 1.82) is 0 Å². The topological polar surface area (TPSA) is 20.2 Å². The zero-order valence-corrected chi connectivity index (χ0v) is 19.0. The van der Waals surface area contributed by atoms with Crippen molar-refractivity contribution in [3.63, 3.8) is 0 Å². The standard InChI is InChI=1S/C10H11O.3C4H9.Sn/c11-9-5-4-8-10-6-2-1-3-7-10;3*1-3-4-2;/h1-4,6-7,11H,5,9H2;3*1,3-4H2,2H3;. The molecule has 0 aliphatic carbocycles. The second-order valence-electron chi connectivity index (χ2n) is 7.09. The van der Waals surface area contributed by atoms with Gasteiger partial charge in [-0.25, -0.2) is 0 Å². The first-order chi connectivity index (χ1) is 11.7. The minimum atomic E-state index is -2.43. The third kappa shape index (κ3) is 6.91. The van der Waals surface area contributed by atoms with Crippen LogP contribution < -0.4 is 0 Å². The van der Waals surface area contributed by atoms with Gasteiger partial charge < -0.3 is 0 Å². The molecule has 0 atom stereocenters. The molecule has 136 valence electrons. The maximum atomic E-state index is 9.43. The molecular weight excluding hydrogens is 399 g/mol. The number of hydrogen-bond acceptors (Lipinski definition) is 1. The molecule has 0 saturated carbocycles. The van der Waals surface area contributed by atoms with Gasteiger partial charge in [0.2, 0.25) is 0 Å². The molecule has 0 aromatic heterocycles. The molecule has 0 saturated heterocycles. The fourth-order valence-electron chi connectivity index (χ4n) is 3.79. The number of benzene rings is 1. The Balaban J connectivity index is 3.28. The zero-order valence-electron chi connectivity index (χ0n) is 16.2. The van der Waals surface area contributed by atoms with Gasteiger partial charge in [-0.15, -0.1) is 0 Å². The van der Waals surface area contributed by atoms with E-state index < -0.39 is 18.4 Å². The summed E-state index contributed by atoms with van der Waals surface area (Å²) in [5.74, 6) is 0. The number of hydrogen-bond donors (Lipinski definition) is 1. The summed E-state index contributed by atoms with van der Waals surface area (Å²) in [6.07, 6.45) is 11.3. The fourth-order valence-corrected chi connectivity index (χ4v) is 20.9. The van der Waals surface area contributed by atoms with Crippen LogP contribution in [0.3, 0.4) is 0 Å². The molecule has 24 heavy (non-hydrogen) atoms. The van der Waals surface area contributed by atoms with Crippen LogP contribution in [-0.4, -0.2) is 30.1 Å². The van der Waals surface area contributed by atoms with E-state index in [0.29, 0.717) is 0 Å². The van der Waals surface area contributed by atoms with Gasteiger partial charge in [-0.3, -0.25) is 0 Å². The number of unbranched alkanes of at least 4 members (excludes halogenated alkanes) is 3. The van der Waals surface area contributed by atoms with Crippen LogP contribution in [0.4, 0.5) is 0 Å². The van der Waals surface area contributed by atoms with Crippen LogP contribution >= 0.6 is 0 Å². The van der Waals surface area contributed by atoms with E-state index in [9.17, 15) is 5.11 Å². The molecule has 2 heteroatoms. The molecule has 0 unspecified atom stereocenters. The molecule has 0 fully saturated rings. The van der Waals surface area contributed by atoms with Crippen molar-refractivity contribution in [1.82, 2.24) is 0 Å². The van der Waals surface area contributed by atoms with Gasteiger partial charge in [-0.05, 0) is 0 Å². The van der Waals surface area contributed by atoms with Crippen molar-refractivity contribution in [3.05, 3.63) is 42.0 Å². The van der Waals surface area contributed by atoms with Gasteiger partial charge in [-0.2, -0.15) is 0 Å². The van der Waals surface area contributed by atoms with E-state index in [1.165, 1.54) is 57.4 Å². The van der Waals surface area contributed by atoms with Gasteiger partial charge in [-0.1, -0.05) is 0 Å². The first-order valence-corrected chi connectivity index (χ1v) is 17.6. The van der Waals surface area contributed by atoms with Crippen molar-refractivity contribution in [2.45, 2.75) is 79.0 Å². The molecule has 0 heterocycles. The Morgan fingerprint density at radius 2 is 1.38 bits per heavy atom. The summed E-state index contributed by atoms with van der Waals surface area (Å²) in [5.41, 5.74) is 1.45. The van der Waals surface area contributed by atoms with Gasteiger partial charge in [0.25, 0.3) is 0 Å². The van der Waals surface area contributed by atoms with E-state index in [-0.39, 0.29) is 6.61 Å². The maximum absolute atomic E-state index is 9.43. The predicted octanol–water partition coefficient (Wildman–Crippen LogP) is 6.84. The van der Waals surface area contributed by atoms with E-state index in [4.69, 9.17) is 0 Å². The van der Waals surface area contributed by atoms with Gasteiger partial charge >= 0.3 is 155 Å². The van der Waals surface area contributed by atoms with Crippen molar-refractivity contribution in [2.75, 3.05) is 6.61 Å². The van der Waals surface area contributed by atoms with E-state index >= 15 is 0 Å². The third-order valence-corrected chi connectivity index (χ3v) is 21.1. The minimum absolute atomic E-state index is 0.271. The van der Waals surface area contributed by atoms with E-state index in [2.05, 4.69) is 57.2 Å². The van der Waals surface area contributed by atoms with Crippen molar-refractivity contribution < 1.29 is 5.11 Å². The van der Waals surface area contributed by atoms with Gasteiger partial charge in [0.15, 0.2) is 0 Å². The third-order valence-electron chi connectivity index (χ3n) is 5.16. The summed E-state index contributed by atoms with van der Waals surface area (Å²) in [6, 6.07) is 11.1. The summed E-state index contributed by atoms with van der Waals surface area (Å²) in [4.78, 5) is 0. The molecule has 0 bridgehead atoms. The quantitative estimate of drug-likeness (QED) is 0.335. The average molecular weight is 437 g/mol. The van der Waals surface area contributed by atoms with Crippen molar-refractivity contribution in [3.8, 4) is 0 Å². The molecule has 1 aromatic carbocycles. The Hall–Kier alpha value is -0.281. The van der Waals surface area contributed by atoms with Crippen LogP contribution in [0, 0.1) is 0 Å². The van der Waals surface area contributed by atoms with Crippen LogP contribution in [0.2, 0.25) is 13.3 Å². The Kier molecular flexibility index (Phi) is 11.8. The summed E-state index contributed by atoms with van der Waals surface area (Å²) in [7, 11) is 0. The zero-order chi connectivity index (χ0) is 17.7. The second-order valence-corrected chi connectivity index (χ2v) is 20.2. The Morgan fingerprint density at radius 3 is 1.79 bits per heavy atom. The Bertz CT molecular complexity index is 431. The van der Waals surface area contributed by atoms with Crippen LogP contribution in [0.5, 0.6) is 0 Å². The van der Waals surface area contributed by atoms with E-state index in [1.807, 2.05) is 0 Å². The Morgan fingerprint density at radius 1 is 0.875 bits per heavy atom. The number of rotatable bonds is 13. The number of aliphatic hydroxyl groups is 1. The summed E-state index contributed by atoms with van der Waals surface area (Å²) in [5, 5.41) is 9.43. The average Bonchev–Trinajstić information content (AvgIpc) is 2.63. The van der Waals surface area contributed by atoms with Crippen LogP contribution in [0.15, 0.2) is 36.4 Å². The molecule has 0 aliphatic heterocycles. The predicted molar refractivity (Wildman–Crippen MR) is 111 cm³/mol. The van der Waals surface area contributed by atoms with E-state index in [0.717, 1.165) is 6.42 Å². The monoisotopic (exact) mass is 438 g/mol. The molecular formula is C22H38OSn. The molecule has 0 aliphatic rings. The summed E-state index contributed by atoms with van der Waals surface area (Å²) in [6.45, 7) is 7.26. The van der Waals surface area contributed by atoms with Crippen LogP contribution in [-0.2, 0) is 0 Å². The van der Waals surface area contributed by atoms with Crippen molar-refractivity contribution in [2.24, 2.45) is 0 Å². The van der Waals surface area contributed by atoms with Crippen LogP contribution in [0.1, 0.15) is 71.3 Å². The fraction of sp³-hybridized carbons (Fsp3) is 0.636. The van der Waals surface area contributed by atoms with Gasteiger partial charge in [0.05, 0.1) is 0 Å². The molecule has 0 radical (unpaired) electrons. The summed E-state index contributed by atoms with van der Waals surface area (Å²) < 4.78 is 6.15. The molecule has 1 rings (SSSR count). The molecule has 1 aromatic rings. The van der Waals surface area contributed by atoms with Gasteiger partial charge in [0, 0.05) is 0 Å². The van der Waals surface area contributed by atoms with Gasteiger partial charge in [0.1, 0.15) is 0 Å². The van der Waals surface area contributed by atoms with Crippen molar-refractivity contribution >= 4 is 22.0 Å². The Labute approximate surface area is 154 Å². The first kappa shape index (κ1) is 21.8. The SMILES string of the molecule is CCC[CH2][Sn]([CH2]CCC)([CH2]CCC)/[C](=C\CCO)c1ccccc1. The molecule has 0 amide bonds. The second kappa shape index (κ2) is 13.0.